The Morgan fingerprint density at radius 2 is 0.978 bits per heavy atom. The molecule has 4 bridgehead atoms. The Hall–Kier alpha value is -5.36. The van der Waals surface area contributed by atoms with Gasteiger partial charge in [0.1, 0.15) is 36.5 Å². The van der Waals surface area contributed by atoms with Gasteiger partial charge in [-0.15, -0.1) is 0 Å². The van der Waals surface area contributed by atoms with Crippen LogP contribution in [-0.2, 0) is 54.1 Å². The lowest BCUT2D eigenvalue weighted by atomic mass is 9.49. The molecule has 16 atom stereocenters. The summed E-state index contributed by atoms with van der Waals surface area (Å²) in [5.41, 5.74) is 5.26. The van der Waals surface area contributed by atoms with Crippen LogP contribution in [0.2, 0.25) is 0 Å². The molecule has 0 saturated heterocycles. The number of carbonyl (C=O) groups excluding carboxylic acids is 6. The summed E-state index contributed by atoms with van der Waals surface area (Å²) in [4.78, 5) is 80.0. The number of fused-ring (bicyclic) bond motifs is 11. The minimum Gasteiger partial charge on any atom is -0.460 e. The van der Waals surface area contributed by atoms with Gasteiger partial charge in [-0.2, -0.15) is 0 Å². The number of rotatable bonds is 14. The van der Waals surface area contributed by atoms with Gasteiger partial charge in [-0.25, -0.2) is 0 Å². The van der Waals surface area contributed by atoms with E-state index in [9.17, 15) is 49.2 Å². The van der Waals surface area contributed by atoms with Gasteiger partial charge in [-0.3, -0.25) is 28.8 Å². The largest absolute Gasteiger partial charge is 0.460 e. The molecule has 0 spiro atoms. The molecule has 2 aromatic carbocycles. The van der Waals surface area contributed by atoms with Gasteiger partial charge in [0.25, 0.3) is 0 Å². The molecule has 0 aromatic heterocycles. The number of ether oxygens (including phenoxy) is 4. The molecule has 16 heteroatoms. The fourth-order valence-corrected chi connectivity index (χ4v) is 20.8. The topological polar surface area (TPSA) is 272 Å². The first-order valence-electron chi connectivity index (χ1n) is 33.6. The number of hydrogen-bond donors (Lipinski definition) is 6. The molecule has 6 unspecified atom stereocenters. The molecule has 14 rings (SSSR count). The number of Topliss-reactive ketones (excluding diaryl/α,β-unsaturated/α-hetero) is 2. The summed E-state index contributed by atoms with van der Waals surface area (Å²) < 4.78 is 24.4. The molecule has 0 amide bonds. The number of aliphatic hydroxyl groups is 4. The Balaban J connectivity index is 0.000000174. The summed E-state index contributed by atoms with van der Waals surface area (Å²) in [6.07, 6.45) is 15.8. The average molecular weight is 1240 g/mol. The van der Waals surface area contributed by atoms with Gasteiger partial charge in [0.15, 0.2) is 22.8 Å². The number of ketones is 2. The molecule has 0 radical (unpaired) electrons. The third-order valence-electron chi connectivity index (χ3n) is 25.3. The fourth-order valence-electron chi connectivity index (χ4n) is 20.8. The number of nitrogens with two attached hydrogens (primary N) is 2. The number of esters is 4. The van der Waals surface area contributed by atoms with Crippen molar-refractivity contribution >= 4 is 46.2 Å². The van der Waals surface area contributed by atoms with Gasteiger partial charge < -0.3 is 50.8 Å². The van der Waals surface area contributed by atoms with Crippen molar-refractivity contribution in [3.05, 3.63) is 94.6 Å². The third-order valence-corrected chi connectivity index (χ3v) is 25.3. The molecule has 2 aromatic rings. The second-order valence-electron chi connectivity index (χ2n) is 32.4. The van der Waals surface area contributed by atoms with Gasteiger partial charge >= 0.3 is 23.9 Å². The maximum atomic E-state index is 13.9. The minimum absolute atomic E-state index is 0.0653. The Kier molecular flexibility index (Phi) is 15.7. The van der Waals surface area contributed by atoms with Gasteiger partial charge in [0, 0.05) is 59.2 Å². The van der Waals surface area contributed by atoms with Crippen molar-refractivity contribution in [1.29, 1.82) is 0 Å². The van der Waals surface area contributed by atoms with Crippen LogP contribution >= 0.6 is 0 Å². The van der Waals surface area contributed by atoms with Crippen LogP contribution in [0, 0.1) is 93.2 Å². The van der Waals surface area contributed by atoms with Crippen molar-refractivity contribution in [2.75, 3.05) is 13.2 Å². The molecule has 8 saturated carbocycles. The van der Waals surface area contributed by atoms with E-state index in [1.165, 1.54) is 19.3 Å². The smallest absolute Gasteiger partial charge is 0.323 e. The standard InChI is InChI=1S/C37H53NO7.C37H45NO7/c1-19(2)29(38)32(41)44-18-25-11-26-30-33(5,6)36(30,12-21(4)37(26,43)27-7-20(3)31(40)35(27,42)16-25)45-28(39)17-34-13-22-8-23(14-34)10-24(9-22)15-34;1-20(2)30(38)33(41)44-19-23-15-27-31-34(5,6)36(31,45-29(39)16-25-12-9-11-24-10-7-8-13-26(24)25)17-22(4)37(27,43)28-14-21(3)32(40)35(28,42)18-23/h7,11,19-24,26,29-30,42-43H,8-10,12-18,38H2,1-6H3;7-15,20-22,27,30-31,42-43H,16-19,38H2,1-6H3/t20?,21-,22?,23?,24?,26?,29?,30-,34?,35-,36+,37-;21?,22-,27?,30?,31-,35-,36+,37-/m11/s1. The molecular weight excluding hydrogens is 1140 g/mol. The zero-order valence-electron chi connectivity index (χ0n) is 54.9. The molecule has 0 aliphatic heterocycles. The number of hydrogen-bond acceptors (Lipinski definition) is 16. The first-order chi connectivity index (χ1) is 42.0. The normalized spacial score (nSPS) is 41.5. The maximum absolute atomic E-state index is 13.9. The average Bonchev–Trinajstić information content (AvgIpc) is 1.48. The van der Waals surface area contributed by atoms with Crippen LogP contribution in [-0.4, -0.2) is 115 Å². The van der Waals surface area contributed by atoms with E-state index in [0.29, 0.717) is 41.6 Å². The first kappa shape index (κ1) is 64.7. The van der Waals surface area contributed by atoms with E-state index in [2.05, 4.69) is 13.8 Å². The van der Waals surface area contributed by atoms with Crippen LogP contribution in [0.15, 0.2) is 89.1 Å². The molecule has 12 aliphatic rings. The molecule has 0 heterocycles. The van der Waals surface area contributed by atoms with Crippen LogP contribution in [0.5, 0.6) is 0 Å². The zero-order chi connectivity index (χ0) is 65.2. The number of benzene rings is 2. The van der Waals surface area contributed by atoms with E-state index in [1.807, 2.05) is 110 Å². The van der Waals surface area contributed by atoms with Gasteiger partial charge in [0.05, 0.1) is 24.0 Å². The highest BCUT2D eigenvalue weighted by Crippen LogP contribution is 2.78. The van der Waals surface area contributed by atoms with Gasteiger partial charge in [0.2, 0.25) is 0 Å². The Morgan fingerprint density at radius 1 is 0.567 bits per heavy atom. The van der Waals surface area contributed by atoms with Crippen molar-refractivity contribution < 1.29 is 68.1 Å². The maximum Gasteiger partial charge on any atom is 0.323 e. The lowest BCUT2D eigenvalue weighted by Gasteiger charge is -2.56. The summed E-state index contributed by atoms with van der Waals surface area (Å²) >= 11 is 0. The van der Waals surface area contributed by atoms with Crippen molar-refractivity contribution in [2.24, 2.45) is 105 Å². The van der Waals surface area contributed by atoms with Crippen molar-refractivity contribution in [2.45, 2.75) is 206 Å². The number of allylic oxidation sites excluding steroid dienone is 2. The summed E-state index contributed by atoms with van der Waals surface area (Å²) in [5.74, 6) is -4.02. The molecule has 16 nitrogen and oxygen atoms in total. The summed E-state index contributed by atoms with van der Waals surface area (Å²) in [7, 11) is 0. The van der Waals surface area contributed by atoms with Crippen LogP contribution < -0.4 is 11.5 Å². The SMILES string of the molecule is CC1C=C2[C@](O)(CC(COC(=O)C(N)C(C)C)=CC3[C@@H]4C(C)(C)[C@]4(OC(=O)CC45CC6CC(CC(C6)C4)C5)C[C@@H](C)[C@]23O)C1=O.CC1C=C2[C@](O)(CC(COC(=O)C(N)C(C)C)=CC3[C@@H]4C(C)(C)[C@]4(OC(=O)Cc4cccc5ccccc45)C[C@@H](C)[C@]23O)C1=O. The van der Waals surface area contributed by atoms with Crippen LogP contribution in [0.4, 0.5) is 0 Å². The van der Waals surface area contributed by atoms with E-state index >= 15 is 0 Å². The van der Waals surface area contributed by atoms with Gasteiger partial charge in [-0.1, -0.05) is 150 Å². The molecule has 488 valence electrons. The molecular formula is C74H98N2O14. The fraction of sp³-hybridized carbons (Fsp3) is 0.676. The van der Waals surface area contributed by atoms with Crippen molar-refractivity contribution in [3.63, 3.8) is 0 Å². The highest BCUT2D eigenvalue weighted by atomic mass is 16.6. The number of carbonyl (C=O) groups is 6. The summed E-state index contributed by atoms with van der Waals surface area (Å²) in [5, 5.41) is 51.6. The van der Waals surface area contributed by atoms with E-state index in [0.717, 1.165) is 53.4 Å². The lowest BCUT2D eigenvalue weighted by molar-refractivity contribution is -0.171. The van der Waals surface area contributed by atoms with E-state index in [-0.39, 0.29) is 85.1 Å². The molecule has 12 aliphatic carbocycles. The monoisotopic (exact) mass is 1240 g/mol. The quantitative estimate of drug-likeness (QED) is 0.0585. The minimum atomic E-state index is -1.93. The van der Waals surface area contributed by atoms with Crippen LogP contribution in [0.1, 0.15) is 159 Å². The van der Waals surface area contributed by atoms with E-state index in [1.54, 1.807) is 26.0 Å². The molecule has 8 N–H and O–H groups in total. The lowest BCUT2D eigenvalue weighted by Crippen LogP contribution is -2.57. The van der Waals surface area contributed by atoms with Crippen molar-refractivity contribution in [3.8, 4) is 0 Å². The zero-order valence-corrected chi connectivity index (χ0v) is 54.9. The first-order valence-corrected chi connectivity index (χ1v) is 33.6. The summed E-state index contributed by atoms with van der Waals surface area (Å²) in [6.45, 7) is 22.7. The third kappa shape index (κ3) is 9.75. The Bertz CT molecular complexity index is 3420. The Labute approximate surface area is 530 Å². The summed E-state index contributed by atoms with van der Waals surface area (Å²) in [6, 6.07) is 12.2. The van der Waals surface area contributed by atoms with Gasteiger partial charge in [-0.05, 0) is 137 Å². The second-order valence-corrected chi connectivity index (χ2v) is 32.4. The highest BCUT2D eigenvalue weighted by Gasteiger charge is 2.84. The second kappa shape index (κ2) is 21.9. The predicted octanol–water partition coefficient (Wildman–Crippen LogP) is 9.09. The molecule has 90 heavy (non-hydrogen) atoms. The predicted molar refractivity (Wildman–Crippen MR) is 337 cm³/mol. The Morgan fingerprint density at radius 3 is 1.41 bits per heavy atom. The van der Waals surface area contributed by atoms with Crippen LogP contribution in [0.3, 0.4) is 0 Å². The van der Waals surface area contributed by atoms with Crippen molar-refractivity contribution in [1.82, 2.24) is 0 Å². The molecule has 8 fully saturated rings. The van der Waals surface area contributed by atoms with Crippen LogP contribution in [0.25, 0.3) is 10.8 Å². The van der Waals surface area contributed by atoms with E-state index in [4.69, 9.17) is 30.4 Å². The highest BCUT2D eigenvalue weighted by molar-refractivity contribution is 5.99. The van der Waals surface area contributed by atoms with E-state index < -0.39 is 104 Å².